The van der Waals surface area contributed by atoms with E-state index >= 15 is 0 Å². The molecule has 5 aromatic rings. The summed E-state index contributed by atoms with van der Waals surface area (Å²) in [5, 5.41) is 4.91. The van der Waals surface area contributed by atoms with Crippen molar-refractivity contribution in [3.63, 3.8) is 0 Å². The van der Waals surface area contributed by atoms with Gasteiger partial charge in [-0.2, -0.15) is 0 Å². The van der Waals surface area contributed by atoms with Crippen LogP contribution in [-0.2, 0) is 17.3 Å². The summed E-state index contributed by atoms with van der Waals surface area (Å²) >= 11 is 1.87. The SMILES string of the molecule is CC1=CC(C)(C)c2nc(-c3cc(C(C)(C)C)c4ncccc4c3)cc(-c3ccc4c(CC(C)C)csc4c3)c21. The minimum atomic E-state index is -0.118. The Morgan fingerprint density at radius 3 is 2.51 bits per heavy atom. The lowest BCUT2D eigenvalue weighted by atomic mass is 9.83. The van der Waals surface area contributed by atoms with E-state index in [4.69, 9.17) is 9.97 Å². The highest BCUT2D eigenvalue weighted by Crippen LogP contribution is 2.46. The molecule has 0 unspecified atom stereocenters. The number of pyridine rings is 2. The van der Waals surface area contributed by atoms with Crippen molar-refractivity contribution >= 4 is 37.9 Å². The van der Waals surface area contributed by atoms with Crippen molar-refractivity contribution in [2.75, 3.05) is 0 Å². The molecule has 0 bridgehead atoms. The summed E-state index contributed by atoms with van der Waals surface area (Å²) in [6.07, 6.45) is 5.40. The second-order valence-electron chi connectivity index (χ2n) is 13.2. The molecule has 2 aromatic carbocycles. The van der Waals surface area contributed by atoms with Crippen LogP contribution in [0.15, 0.2) is 66.2 Å². The summed E-state index contributed by atoms with van der Waals surface area (Å²) in [4.78, 5) is 10.1. The molecular weight excluding hydrogens is 492 g/mol. The molecule has 1 aliphatic rings. The highest BCUT2D eigenvalue weighted by atomic mass is 32.1. The van der Waals surface area contributed by atoms with Crippen molar-refractivity contribution in [3.05, 3.63) is 88.6 Å². The number of fused-ring (bicyclic) bond motifs is 3. The van der Waals surface area contributed by atoms with E-state index in [1.807, 2.05) is 23.6 Å². The third-order valence-corrected chi connectivity index (χ3v) is 9.00. The van der Waals surface area contributed by atoms with Gasteiger partial charge in [-0.05, 0) is 93.6 Å². The molecule has 1 aliphatic carbocycles. The monoisotopic (exact) mass is 530 g/mol. The first-order valence-corrected chi connectivity index (χ1v) is 15.0. The molecule has 0 N–H and O–H groups in total. The normalized spacial score (nSPS) is 14.8. The summed E-state index contributed by atoms with van der Waals surface area (Å²) in [5.74, 6) is 0.652. The molecule has 0 fully saturated rings. The van der Waals surface area contributed by atoms with Crippen molar-refractivity contribution in [2.45, 2.75) is 72.6 Å². The van der Waals surface area contributed by atoms with Crippen LogP contribution in [0, 0.1) is 5.92 Å². The minimum Gasteiger partial charge on any atom is -0.256 e. The molecule has 0 saturated carbocycles. The first kappa shape index (κ1) is 26.0. The lowest BCUT2D eigenvalue weighted by Crippen LogP contribution is -2.15. The van der Waals surface area contributed by atoms with Crippen molar-refractivity contribution < 1.29 is 0 Å². The van der Waals surface area contributed by atoms with E-state index in [0.29, 0.717) is 5.92 Å². The van der Waals surface area contributed by atoms with Crippen LogP contribution in [0.4, 0.5) is 0 Å². The first-order chi connectivity index (χ1) is 18.4. The average molecular weight is 531 g/mol. The number of hydrogen-bond donors (Lipinski definition) is 0. The molecule has 0 atom stereocenters. The Labute approximate surface area is 236 Å². The Balaban J connectivity index is 1.59. The number of allylic oxidation sites excluding steroid dienone is 2. The quantitative estimate of drug-likeness (QED) is 0.231. The first-order valence-electron chi connectivity index (χ1n) is 14.1. The summed E-state index contributed by atoms with van der Waals surface area (Å²) in [7, 11) is 0. The molecule has 6 rings (SSSR count). The van der Waals surface area contributed by atoms with Gasteiger partial charge in [0.15, 0.2) is 0 Å². The molecule has 0 radical (unpaired) electrons. The van der Waals surface area contributed by atoms with E-state index in [1.165, 1.54) is 49.2 Å². The summed E-state index contributed by atoms with van der Waals surface area (Å²) < 4.78 is 1.36. The lowest BCUT2D eigenvalue weighted by molar-refractivity contribution is 0.595. The number of aromatic nitrogens is 2. The maximum absolute atomic E-state index is 5.37. The van der Waals surface area contributed by atoms with Crippen molar-refractivity contribution in [3.8, 4) is 22.4 Å². The van der Waals surface area contributed by atoms with E-state index in [1.54, 1.807) is 0 Å². The number of nitrogens with zero attached hydrogens (tertiary/aromatic N) is 2. The van der Waals surface area contributed by atoms with Crippen LogP contribution < -0.4 is 0 Å². The largest absolute Gasteiger partial charge is 0.256 e. The van der Waals surface area contributed by atoms with Gasteiger partial charge < -0.3 is 0 Å². The smallest absolute Gasteiger partial charge is 0.0739 e. The number of rotatable bonds is 4. The van der Waals surface area contributed by atoms with E-state index in [9.17, 15) is 0 Å². The number of thiophene rings is 1. The fourth-order valence-electron chi connectivity index (χ4n) is 6.23. The Morgan fingerprint density at radius 2 is 1.77 bits per heavy atom. The zero-order valence-electron chi connectivity index (χ0n) is 24.4. The van der Waals surface area contributed by atoms with Gasteiger partial charge >= 0.3 is 0 Å². The van der Waals surface area contributed by atoms with Gasteiger partial charge in [-0.15, -0.1) is 11.3 Å². The molecule has 2 nitrogen and oxygen atoms in total. The Morgan fingerprint density at radius 1 is 0.974 bits per heavy atom. The molecule has 3 aromatic heterocycles. The van der Waals surface area contributed by atoms with Gasteiger partial charge in [0.05, 0.1) is 16.9 Å². The Kier molecular flexibility index (Phi) is 6.07. The second kappa shape index (κ2) is 9.13. The van der Waals surface area contributed by atoms with Gasteiger partial charge in [-0.3, -0.25) is 9.97 Å². The van der Waals surface area contributed by atoms with Gasteiger partial charge in [0.2, 0.25) is 0 Å². The summed E-state index contributed by atoms with van der Waals surface area (Å²) in [6.45, 7) is 18.2. The molecule has 3 heteroatoms. The summed E-state index contributed by atoms with van der Waals surface area (Å²) in [6, 6.07) is 18.2. The molecular formula is C36H38N2S. The maximum Gasteiger partial charge on any atom is 0.0739 e. The van der Waals surface area contributed by atoms with E-state index in [-0.39, 0.29) is 10.8 Å². The van der Waals surface area contributed by atoms with Crippen LogP contribution in [-0.4, -0.2) is 9.97 Å². The predicted molar refractivity (Wildman–Crippen MR) is 170 cm³/mol. The third kappa shape index (κ3) is 4.51. The number of hydrogen-bond acceptors (Lipinski definition) is 3. The lowest BCUT2D eigenvalue weighted by Gasteiger charge is -2.23. The zero-order chi connectivity index (χ0) is 27.7. The molecule has 198 valence electrons. The zero-order valence-corrected chi connectivity index (χ0v) is 25.3. The van der Waals surface area contributed by atoms with Crippen LogP contribution in [0.5, 0.6) is 0 Å². The molecule has 0 spiro atoms. The van der Waals surface area contributed by atoms with Crippen molar-refractivity contribution in [1.29, 1.82) is 0 Å². The molecule has 0 saturated heterocycles. The van der Waals surface area contributed by atoms with Crippen LogP contribution in [0.3, 0.4) is 0 Å². The Bertz CT molecular complexity index is 1780. The topological polar surface area (TPSA) is 25.8 Å². The van der Waals surface area contributed by atoms with E-state index in [0.717, 1.165) is 28.6 Å². The third-order valence-electron chi connectivity index (χ3n) is 8.01. The highest BCUT2D eigenvalue weighted by Gasteiger charge is 2.33. The maximum atomic E-state index is 5.37. The fourth-order valence-corrected chi connectivity index (χ4v) is 7.24. The van der Waals surface area contributed by atoms with Crippen LogP contribution in [0.25, 0.3) is 48.9 Å². The predicted octanol–water partition coefficient (Wildman–Crippen LogP) is 10.4. The fraction of sp³-hybridized carbons (Fsp3) is 0.333. The van der Waals surface area contributed by atoms with E-state index in [2.05, 4.69) is 109 Å². The van der Waals surface area contributed by atoms with Crippen LogP contribution in [0.1, 0.15) is 77.8 Å². The number of benzene rings is 2. The van der Waals surface area contributed by atoms with Gasteiger partial charge in [-0.25, -0.2) is 0 Å². The minimum absolute atomic E-state index is 0.0303. The van der Waals surface area contributed by atoms with Gasteiger partial charge in [0, 0.05) is 32.8 Å². The Hall–Kier alpha value is -3.30. The standard InChI is InChI=1S/C36H38N2S/c1-21(2)14-26-20-39-31-17-23(11-12-27(26)31)28-18-30(38-34-32(28)22(3)19-36(34,7)8)25-15-24-10-9-13-37-33(24)29(16-25)35(4,5)6/h9-13,15-21H,14H2,1-8H3. The van der Waals surface area contributed by atoms with Gasteiger partial charge in [0.25, 0.3) is 0 Å². The highest BCUT2D eigenvalue weighted by molar-refractivity contribution is 7.17. The van der Waals surface area contributed by atoms with Crippen LogP contribution >= 0.6 is 11.3 Å². The summed E-state index contributed by atoms with van der Waals surface area (Å²) in [5.41, 5.74) is 12.2. The van der Waals surface area contributed by atoms with Crippen molar-refractivity contribution in [2.24, 2.45) is 5.92 Å². The van der Waals surface area contributed by atoms with Gasteiger partial charge in [0.1, 0.15) is 0 Å². The van der Waals surface area contributed by atoms with Crippen molar-refractivity contribution in [1.82, 2.24) is 9.97 Å². The molecule has 0 aliphatic heterocycles. The molecule has 39 heavy (non-hydrogen) atoms. The van der Waals surface area contributed by atoms with Crippen LogP contribution in [0.2, 0.25) is 0 Å². The van der Waals surface area contributed by atoms with E-state index < -0.39 is 0 Å². The second-order valence-corrected chi connectivity index (χ2v) is 14.2. The molecule has 3 heterocycles. The van der Waals surface area contributed by atoms with Gasteiger partial charge in [-0.1, -0.05) is 72.7 Å². The molecule has 0 amide bonds. The average Bonchev–Trinajstić information content (AvgIpc) is 3.38.